The zero-order chi connectivity index (χ0) is 15.2. The van der Waals surface area contributed by atoms with Crippen LogP contribution in [0, 0.1) is 5.92 Å². The molecule has 0 spiro atoms. The smallest absolute Gasteiger partial charge is 0.215 e. The summed E-state index contributed by atoms with van der Waals surface area (Å²) >= 11 is 0. The van der Waals surface area contributed by atoms with Gasteiger partial charge < -0.3 is 10.5 Å². The van der Waals surface area contributed by atoms with Crippen molar-refractivity contribution in [3.8, 4) is 5.75 Å². The molecule has 0 bridgehead atoms. The van der Waals surface area contributed by atoms with Crippen molar-refractivity contribution in [1.29, 1.82) is 0 Å². The second-order valence-corrected chi connectivity index (χ2v) is 6.99. The molecule has 0 aliphatic heterocycles. The van der Waals surface area contributed by atoms with E-state index in [0.29, 0.717) is 11.4 Å². The van der Waals surface area contributed by atoms with Gasteiger partial charge in [-0.1, -0.05) is 26.8 Å². The van der Waals surface area contributed by atoms with E-state index in [1.807, 2.05) is 20.8 Å². The highest BCUT2D eigenvalue weighted by Gasteiger charge is 2.19. The molecular weight excluding hydrogens is 276 g/mol. The summed E-state index contributed by atoms with van der Waals surface area (Å²) in [4.78, 5) is 0. The van der Waals surface area contributed by atoms with E-state index in [2.05, 4.69) is 4.72 Å². The van der Waals surface area contributed by atoms with E-state index in [4.69, 9.17) is 10.5 Å². The van der Waals surface area contributed by atoms with E-state index in [-0.39, 0.29) is 24.3 Å². The van der Waals surface area contributed by atoms with Gasteiger partial charge in [0.25, 0.3) is 0 Å². The minimum atomic E-state index is -3.32. The number of benzene rings is 1. The van der Waals surface area contributed by atoms with E-state index in [1.165, 1.54) is 0 Å². The van der Waals surface area contributed by atoms with Gasteiger partial charge in [-0.25, -0.2) is 13.1 Å². The average molecular weight is 300 g/mol. The molecule has 6 heteroatoms. The Morgan fingerprint density at radius 3 is 2.60 bits per heavy atom. The Bertz CT molecular complexity index is 515. The van der Waals surface area contributed by atoms with Crippen LogP contribution in [0.25, 0.3) is 0 Å². The number of ether oxygens (including phenoxy) is 1. The van der Waals surface area contributed by atoms with Gasteiger partial charge >= 0.3 is 0 Å². The molecule has 5 nitrogen and oxygen atoms in total. The first kappa shape index (κ1) is 16.8. The van der Waals surface area contributed by atoms with Crippen LogP contribution in [-0.4, -0.2) is 26.8 Å². The van der Waals surface area contributed by atoms with Crippen molar-refractivity contribution in [1.82, 2.24) is 4.72 Å². The molecule has 0 radical (unpaired) electrons. The molecule has 1 unspecified atom stereocenters. The summed E-state index contributed by atoms with van der Waals surface area (Å²) in [5.41, 5.74) is 6.21. The minimum absolute atomic E-state index is 0.0348. The maximum absolute atomic E-state index is 11.9. The monoisotopic (exact) mass is 300 g/mol. The lowest BCUT2D eigenvalue weighted by atomic mass is 10.0. The molecule has 0 amide bonds. The quantitative estimate of drug-likeness (QED) is 0.720. The highest BCUT2D eigenvalue weighted by Crippen LogP contribution is 2.14. The van der Waals surface area contributed by atoms with Gasteiger partial charge in [0.1, 0.15) is 12.4 Å². The standard InChI is InChI=1S/C14H24N2O3S/c1-4-14(11(2)3)16-20(17,18)9-8-19-13-7-5-6-12(15)10-13/h5-7,10-11,14,16H,4,8-9,15H2,1-3H3. The number of nitrogen functional groups attached to an aromatic ring is 1. The summed E-state index contributed by atoms with van der Waals surface area (Å²) in [5.74, 6) is 0.783. The molecule has 0 aliphatic rings. The predicted octanol–water partition coefficient (Wildman–Crippen LogP) is 2.00. The van der Waals surface area contributed by atoms with Crippen molar-refractivity contribution in [2.45, 2.75) is 33.2 Å². The van der Waals surface area contributed by atoms with Crippen LogP contribution in [0.4, 0.5) is 5.69 Å². The third kappa shape index (κ3) is 5.79. The number of nitrogens with one attached hydrogen (secondary N) is 1. The molecule has 0 heterocycles. The van der Waals surface area contributed by atoms with Crippen LogP contribution in [0.15, 0.2) is 24.3 Å². The first-order valence-electron chi connectivity index (χ1n) is 6.82. The molecule has 1 aromatic carbocycles. The number of sulfonamides is 1. The van der Waals surface area contributed by atoms with Crippen LogP contribution in [0.2, 0.25) is 0 Å². The Labute approximate surface area is 121 Å². The summed E-state index contributed by atoms with van der Waals surface area (Å²) in [6.45, 7) is 6.07. The summed E-state index contributed by atoms with van der Waals surface area (Å²) < 4.78 is 32.0. The fourth-order valence-electron chi connectivity index (χ4n) is 1.85. The highest BCUT2D eigenvalue weighted by atomic mass is 32.2. The normalized spacial score (nSPS) is 13.4. The van der Waals surface area contributed by atoms with Crippen molar-refractivity contribution >= 4 is 15.7 Å². The molecule has 3 N–H and O–H groups in total. The van der Waals surface area contributed by atoms with Gasteiger partial charge in [-0.05, 0) is 24.5 Å². The van der Waals surface area contributed by atoms with Crippen LogP contribution in [0.1, 0.15) is 27.2 Å². The Morgan fingerprint density at radius 1 is 1.35 bits per heavy atom. The Balaban J connectivity index is 2.47. The zero-order valence-corrected chi connectivity index (χ0v) is 13.1. The second kappa shape index (κ2) is 7.50. The van der Waals surface area contributed by atoms with E-state index >= 15 is 0 Å². The lowest BCUT2D eigenvalue weighted by molar-refractivity contribution is 0.339. The van der Waals surface area contributed by atoms with Gasteiger partial charge in [-0.2, -0.15) is 0 Å². The molecule has 0 saturated heterocycles. The van der Waals surface area contributed by atoms with Crippen molar-refractivity contribution in [2.24, 2.45) is 5.92 Å². The molecule has 0 fully saturated rings. The first-order valence-corrected chi connectivity index (χ1v) is 8.47. The molecule has 1 rings (SSSR count). The molecule has 114 valence electrons. The molecule has 20 heavy (non-hydrogen) atoms. The van der Waals surface area contributed by atoms with E-state index in [9.17, 15) is 8.42 Å². The lowest BCUT2D eigenvalue weighted by Crippen LogP contribution is -2.40. The van der Waals surface area contributed by atoms with Gasteiger partial charge in [-0.15, -0.1) is 0 Å². The molecular formula is C14H24N2O3S. The van der Waals surface area contributed by atoms with Crippen molar-refractivity contribution in [3.05, 3.63) is 24.3 Å². The topological polar surface area (TPSA) is 81.4 Å². The predicted molar refractivity (Wildman–Crippen MR) is 82.2 cm³/mol. The van der Waals surface area contributed by atoms with Crippen LogP contribution in [0.3, 0.4) is 0 Å². The molecule has 1 atom stereocenters. The molecule has 0 aromatic heterocycles. The van der Waals surface area contributed by atoms with E-state index in [1.54, 1.807) is 24.3 Å². The Morgan fingerprint density at radius 2 is 2.05 bits per heavy atom. The fraction of sp³-hybridized carbons (Fsp3) is 0.571. The van der Waals surface area contributed by atoms with Crippen LogP contribution in [-0.2, 0) is 10.0 Å². The van der Waals surface area contributed by atoms with Crippen LogP contribution >= 0.6 is 0 Å². The Hall–Kier alpha value is -1.27. The summed E-state index contributed by atoms with van der Waals surface area (Å²) in [7, 11) is -3.32. The highest BCUT2D eigenvalue weighted by molar-refractivity contribution is 7.89. The maximum atomic E-state index is 11.9. The number of anilines is 1. The molecule has 0 aliphatic carbocycles. The third-order valence-electron chi connectivity index (χ3n) is 3.05. The number of hydrogen-bond donors (Lipinski definition) is 2. The van der Waals surface area contributed by atoms with Gasteiger partial charge in [0.05, 0.1) is 5.75 Å². The van der Waals surface area contributed by atoms with Gasteiger partial charge in [0, 0.05) is 17.8 Å². The summed E-state index contributed by atoms with van der Waals surface area (Å²) in [6, 6.07) is 6.90. The third-order valence-corrected chi connectivity index (χ3v) is 4.42. The number of nitrogens with two attached hydrogens (primary N) is 1. The second-order valence-electron chi connectivity index (χ2n) is 5.12. The SMILES string of the molecule is CCC(NS(=O)(=O)CCOc1cccc(N)c1)C(C)C. The lowest BCUT2D eigenvalue weighted by Gasteiger charge is -2.20. The van der Waals surface area contributed by atoms with Gasteiger partial charge in [-0.3, -0.25) is 0 Å². The molecule has 0 saturated carbocycles. The van der Waals surface area contributed by atoms with Gasteiger partial charge in [0.2, 0.25) is 10.0 Å². The van der Waals surface area contributed by atoms with E-state index in [0.717, 1.165) is 6.42 Å². The Kier molecular flexibility index (Phi) is 6.29. The summed E-state index contributed by atoms with van der Waals surface area (Å²) in [6.07, 6.45) is 0.771. The van der Waals surface area contributed by atoms with Gasteiger partial charge in [0.15, 0.2) is 0 Å². The van der Waals surface area contributed by atoms with Crippen LogP contribution in [0.5, 0.6) is 5.75 Å². The fourth-order valence-corrected chi connectivity index (χ4v) is 3.17. The van der Waals surface area contributed by atoms with Crippen LogP contribution < -0.4 is 15.2 Å². The summed E-state index contributed by atoms with van der Waals surface area (Å²) in [5, 5.41) is 0. The van der Waals surface area contributed by atoms with Crippen molar-refractivity contribution in [3.63, 3.8) is 0 Å². The maximum Gasteiger partial charge on any atom is 0.215 e. The molecule has 1 aromatic rings. The van der Waals surface area contributed by atoms with E-state index < -0.39 is 10.0 Å². The number of hydrogen-bond acceptors (Lipinski definition) is 4. The number of rotatable bonds is 8. The van der Waals surface area contributed by atoms with Crippen molar-refractivity contribution < 1.29 is 13.2 Å². The zero-order valence-electron chi connectivity index (χ0n) is 12.3. The average Bonchev–Trinajstić information content (AvgIpc) is 2.35. The van der Waals surface area contributed by atoms with Crippen molar-refractivity contribution in [2.75, 3.05) is 18.1 Å². The largest absolute Gasteiger partial charge is 0.492 e. The minimum Gasteiger partial charge on any atom is -0.492 e. The first-order chi connectivity index (χ1) is 9.34.